The van der Waals surface area contributed by atoms with Crippen molar-refractivity contribution in [3.05, 3.63) is 29.8 Å². The Balaban J connectivity index is 1.60. The van der Waals surface area contributed by atoms with Gasteiger partial charge in [-0.3, -0.25) is 9.59 Å². The number of rotatable bonds is 7. The summed E-state index contributed by atoms with van der Waals surface area (Å²) in [5.74, 6) is 0.290. The van der Waals surface area contributed by atoms with Crippen LogP contribution in [0.5, 0.6) is 5.75 Å². The zero-order chi connectivity index (χ0) is 24.7. The van der Waals surface area contributed by atoms with Crippen LogP contribution in [-0.4, -0.2) is 72.5 Å². The van der Waals surface area contributed by atoms with Crippen LogP contribution in [0.25, 0.3) is 0 Å². The lowest BCUT2D eigenvalue weighted by Crippen LogP contribution is -2.61. The maximum atomic E-state index is 13.5. The minimum absolute atomic E-state index is 0.0161. The van der Waals surface area contributed by atoms with Crippen LogP contribution >= 0.6 is 0 Å². The number of nitrogens with zero attached hydrogens (tertiary/aromatic N) is 2. The summed E-state index contributed by atoms with van der Waals surface area (Å²) in [5.41, 5.74) is 0.486. The van der Waals surface area contributed by atoms with E-state index in [-0.39, 0.29) is 35.8 Å². The van der Waals surface area contributed by atoms with Crippen LogP contribution in [0, 0.1) is 5.92 Å². The van der Waals surface area contributed by atoms with Crippen molar-refractivity contribution in [1.29, 1.82) is 0 Å². The third kappa shape index (κ3) is 6.42. The quantitative estimate of drug-likeness (QED) is 0.636. The highest BCUT2D eigenvalue weighted by molar-refractivity contribution is 5.97. The maximum absolute atomic E-state index is 13.5. The van der Waals surface area contributed by atoms with Crippen LogP contribution in [0.2, 0.25) is 0 Å². The van der Waals surface area contributed by atoms with E-state index < -0.39 is 6.04 Å². The number of hydrogen-bond donors (Lipinski definition) is 2. The van der Waals surface area contributed by atoms with Gasteiger partial charge in [-0.2, -0.15) is 0 Å². The standard InChI is InChI=1S/C26H40N4O4/c1-5-18(2)23(28-24(31)20-11-13-22(34-4)14-12-20)25(32)29-15-16-30(19(3)17-29)26(33)27-21-9-7-6-8-10-21/h11-14,18-19,21,23H,5-10,15-17H2,1-4H3,(H,27,33)(H,28,31). The van der Waals surface area contributed by atoms with E-state index in [1.165, 1.54) is 19.3 Å². The van der Waals surface area contributed by atoms with Crippen LogP contribution in [0.15, 0.2) is 24.3 Å². The van der Waals surface area contributed by atoms with Crippen molar-refractivity contribution in [2.75, 3.05) is 26.7 Å². The largest absolute Gasteiger partial charge is 0.497 e. The fraction of sp³-hybridized carbons (Fsp3) is 0.654. The Morgan fingerprint density at radius 1 is 1.09 bits per heavy atom. The van der Waals surface area contributed by atoms with E-state index in [4.69, 9.17) is 4.74 Å². The Labute approximate surface area is 203 Å². The molecule has 3 unspecified atom stereocenters. The molecule has 0 bridgehead atoms. The van der Waals surface area contributed by atoms with Crippen LogP contribution < -0.4 is 15.4 Å². The maximum Gasteiger partial charge on any atom is 0.317 e. The minimum atomic E-state index is -0.616. The summed E-state index contributed by atoms with van der Waals surface area (Å²) in [5, 5.41) is 6.14. The van der Waals surface area contributed by atoms with Gasteiger partial charge in [0.1, 0.15) is 11.8 Å². The Hall–Kier alpha value is -2.77. The Morgan fingerprint density at radius 3 is 2.35 bits per heavy atom. The number of benzene rings is 1. The summed E-state index contributed by atoms with van der Waals surface area (Å²) in [4.78, 5) is 42.8. The lowest BCUT2D eigenvalue weighted by molar-refractivity contribution is -0.136. The van der Waals surface area contributed by atoms with Crippen molar-refractivity contribution in [3.8, 4) is 5.75 Å². The summed E-state index contributed by atoms with van der Waals surface area (Å²) in [6.07, 6.45) is 6.44. The normalized spacial score (nSPS) is 20.9. The first-order valence-corrected chi connectivity index (χ1v) is 12.6. The van der Waals surface area contributed by atoms with Gasteiger partial charge in [-0.15, -0.1) is 0 Å². The SMILES string of the molecule is CCC(C)C(NC(=O)c1ccc(OC)cc1)C(=O)N1CCN(C(=O)NC2CCCCC2)C(C)C1. The highest BCUT2D eigenvalue weighted by atomic mass is 16.5. The molecule has 1 aromatic rings. The number of carbonyl (C=O) groups excluding carboxylic acids is 3. The van der Waals surface area contributed by atoms with E-state index in [1.54, 1.807) is 36.3 Å². The molecule has 1 aromatic carbocycles. The van der Waals surface area contributed by atoms with Gasteiger partial charge in [0.15, 0.2) is 0 Å². The Kier molecular flexibility index (Phi) is 9.19. The third-order valence-corrected chi connectivity index (χ3v) is 7.25. The predicted molar refractivity (Wildman–Crippen MR) is 132 cm³/mol. The molecule has 8 heteroatoms. The predicted octanol–water partition coefficient (Wildman–Crippen LogP) is 3.41. The zero-order valence-electron chi connectivity index (χ0n) is 21.0. The van der Waals surface area contributed by atoms with Crippen molar-refractivity contribution in [1.82, 2.24) is 20.4 Å². The number of hydrogen-bond acceptors (Lipinski definition) is 4. The second-order valence-corrected chi connectivity index (χ2v) is 9.68. The van der Waals surface area contributed by atoms with Crippen molar-refractivity contribution in [2.24, 2.45) is 5.92 Å². The third-order valence-electron chi connectivity index (χ3n) is 7.25. The van der Waals surface area contributed by atoms with Crippen LogP contribution in [0.1, 0.15) is 69.7 Å². The molecule has 1 aliphatic carbocycles. The fourth-order valence-electron chi connectivity index (χ4n) is 4.81. The molecule has 1 saturated carbocycles. The molecule has 3 rings (SSSR count). The van der Waals surface area contributed by atoms with Gasteiger partial charge in [0.25, 0.3) is 5.91 Å². The molecule has 34 heavy (non-hydrogen) atoms. The molecule has 8 nitrogen and oxygen atoms in total. The summed E-state index contributed by atoms with van der Waals surface area (Å²) >= 11 is 0. The second-order valence-electron chi connectivity index (χ2n) is 9.68. The average molecular weight is 473 g/mol. The van der Waals surface area contributed by atoms with Crippen molar-refractivity contribution in [3.63, 3.8) is 0 Å². The Bertz CT molecular complexity index is 838. The van der Waals surface area contributed by atoms with Gasteiger partial charge in [0.05, 0.1) is 7.11 Å². The molecule has 2 fully saturated rings. The molecule has 1 heterocycles. The summed E-state index contributed by atoms with van der Waals surface area (Å²) < 4.78 is 5.16. The number of carbonyl (C=O) groups is 3. The van der Waals surface area contributed by atoms with E-state index in [1.807, 2.05) is 25.7 Å². The van der Waals surface area contributed by atoms with Gasteiger partial charge in [-0.25, -0.2) is 4.79 Å². The first-order chi connectivity index (χ1) is 16.3. The van der Waals surface area contributed by atoms with E-state index >= 15 is 0 Å². The molecule has 188 valence electrons. The molecule has 2 N–H and O–H groups in total. The van der Waals surface area contributed by atoms with Gasteiger partial charge in [-0.1, -0.05) is 39.5 Å². The lowest BCUT2D eigenvalue weighted by atomic mass is 9.95. The Morgan fingerprint density at radius 2 is 1.76 bits per heavy atom. The summed E-state index contributed by atoms with van der Waals surface area (Å²) in [6, 6.07) is 6.37. The highest BCUT2D eigenvalue weighted by Crippen LogP contribution is 2.20. The molecular formula is C26H40N4O4. The average Bonchev–Trinajstić information content (AvgIpc) is 2.86. The molecule has 2 aliphatic rings. The van der Waals surface area contributed by atoms with E-state index in [9.17, 15) is 14.4 Å². The van der Waals surface area contributed by atoms with Crippen LogP contribution in [0.4, 0.5) is 4.79 Å². The molecule has 0 spiro atoms. The number of urea groups is 1. The molecule has 1 saturated heterocycles. The topological polar surface area (TPSA) is 91.0 Å². The van der Waals surface area contributed by atoms with Crippen molar-refractivity contribution < 1.29 is 19.1 Å². The minimum Gasteiger partial charge on any atom is -0.497 e. The molecule has 0 radical (unpaired) electrons. The van der Waals surface area contributed by atoms with Gasteiger partial charge in [-0.05, 0) is 49.9 Å². The number of methoxy groups -OCH3 is 1. The number of nitrogens with one attached hydrogen (secondary N) is 2. The van der Waals surface area contributed by atoms with E-state index in [0.29, 0.717) is 30.9 Å². The summed E-state index contributed by atoms with van der Waals surface area (Å²) in [6.45, 7) is 7.39. The van der Waals surface area contributed by atoms with E-state index in [0.717, 1.165) is 19.3 Å². The number of ether oxygens (including phenoxy) is 1. The van der Waals surface area contributed by atoms with Gasteiger partial charge >= 0.3 is 6.03 Å². The molecule has 0 aromatic heterocycles. The summed E-state index contributed by atoms with van der Waals surface area (Å²) in [7, 11) is 1.58. The molecule has 1 aliphatic heterocycles. The van der Waals surface area contributed by atoms with Crippen LogP contribution in [0.3, 0.4) is 0 Å². The number of piperazine rings is 1. The fourth-order valence-corrected chi connectivity index (χ4v) is 4.81. The van der Waals surface area contributed by atoms with Crippen molar-refractivity contribution >= 4 is 17.8 Å². The van der Waals surface area contributed by atoms with E-state index in [2.05, 4.69) is 10.6 Å². The highest BCUT2D eigenvalue weighted by Gasteiger charge is 2.35. The monoisotopic (exact) mass is 472 g/mol. The van der Waals surface area contributed by atoms with Gasteiger partial charge < -0.3 is 25.2 Å². The van der Waals surface area contributed by atoms with Gasteiger partial charge in [0.2, 0.25) is 5.91 Å². The van der Waals surface area contributed by atoms with Crippen LogP contribution in [-0.2, 0) is 4.79 Å². The smallest absolute Gasteiger partial charge is 0.317 e. The van der Waals surface area contributed by atoms with Crippen molar-refractivity contribution in [2.45, 2.75) is 77.4 Å². The molecule has 3 atom stereocenters. The molecular weight excluding hydrogens is 432 g/mol. The molecule has 4 amide bonds. The second kappa shape index (κ2) is 12.1. The zero-order valence-corrected chi connectivity index (χ0v) is 21.0. The lowest BCUT2D eigenvalue weighted by Gasteiger charge is -2.42. The number of amides is 4. The first kappa shape index (κ1) is 25.8. The first-order valence-electron chi connectivity index (χ1n) is 12.6. The van der Waals surface area contributed by atoms with Gasteiger partial charge in [0, 0.05) is 37.3 Å².